The Bertz CT molecular complexity index is 397. The van der Waals surface area contributed by atoms with E-state index in [-0.39, 0.29) is 0 Å². The van der Waals surface area contributed by atoms with Crippen molar-refractivity contribution in [1.82, 2.24) is 0 Å². The SMILES string of the molecule is CC(C)=C=C(C[Si](C)(C)C)c1ccccc1. The third-order valence-electron chi connectivity index (χ3n) is 2.23. The van der Waals surface area contributed by atoms with Crippen LogP contribution >= 0.6 is 0 Å². The minimum atomic E-state index is -1.08. The summed E-state index contributed by atoms with van der Waals surface area (Å²) in [5.41, 5.74) is 7.48. The molecule has 86 valence electrons. The van der Waals surface area contributed by atoms with E-state index in [4.69, 9.17) is 0 Å². The molecule has 0 nitrogen and oxygen atoms in total. The van der Waals surface area contributed by atoms with E-state index in [0.717, 1.165) is 0 Å². The maximum Gasteiger partial charge on any atom is 0.0495 e. The van der Waals surface area contributed by atoms with Crippen molar-refractivity contribution in [3.05, 3.63) is 47.2 Å². The molecule has 0 amide bonds. The maximum absolute atomic E-state index is 3.52. The Hall–Kier alpha value is -1.04. The lowest BCUT2D eigenvalue weighted by atomic mass is 10.1. The van der Waals surface area contributed by atoms with Gasteiger partial charge < -0.3 is 0 Å². The normalized spacial score (nSPS) is 10.8. The van der Waals surface area contributed by atoms with Crippen molar-refractivity contribution < 1.29 is 0 Å². The highest BCUT2D eigenvalue weighted by molar-refractivity contribution is 6.77. The van der Waals surface area contributed by atoms with E-state index < -0.39 is 8.07 Å². The Kier molecular flexibility index (Phi) is 4.34. The molecule has 0 heterocycles. The van der Waals surface area contributed by atoms with Crippen LogP contribution in [0.2, 0.25) is 25.7 Å². The molecule has 0 unspecified atom stereocenters. The van der Waals surface area contributed by atoms with Gasteiger partial charge in [-0.05, 0) is 36.6 Å². The van der Waals surface area contributed by atoms with E-state index >= 15 is 0 Å². The fraction of sp³-hybridized carbons (Fsp3) is 0.400. The summed E-state index contributed by atoms with van der Waals surface area (Å²) in [6.07, 6.45) is 0. The summed E-state index contributed by atoms with van der Waals surface area (Å²) >= 11 is 0. The smallest absolute Gasteiger partial charge is 0.0495 e. The zero-order valence-electron chi connectivity index (χ0n) is 11.1. The molecule has 1 heteroatoms. The predicted octanol–water partition coefficient (Wildman–Crippen LogP) is 4.97. The van der Waals surface area contributed by atoms with Gasteiger partial charge in [-0.25, -0.2) is 0 Å². The maximum atomic E-state index is 3.52. The first kappa shape index (κ1) is 13.0. The molecule has 0 aliphatic carbocycles. The molecule has 0 aromatic heterocycles. The summed E-state index contributed by atoms with van der Waals surface area (Å²) in [6, 6.07) is 11.8. The van der Waals surface area contributed by atoms with Gasteiger partial charge in [-0.1, -0.05) is 50.0 Å². The zero-order chi connectivity index (χ0) is 12.2. The molecule has 0 fully saturated rings. The predicted molar refractivity (Wildman–Crippen MR) is 76.4 cm³/mol. The van der Waals surface area contributed by atoms with Crippen LogP contribution < -0.4 is 0 Å². The minimum Gasteiger partial charge on any atom is -0.118 e. The number of benzene rings is 1. The second-order valence-corrected chi connectivity index (χ2v) is 11.2. The van der Waals surface area contributed by atoms with Crippen LogP contribution in [0.3, 0.4) is 0 Å². The number of hydrogen-bond acceptors (Lipinski definition) is 0. The van der Waals surface area contributed by atoms with Gasteiger partial charge in [-0.2, -0.15) is 0 Å². The fourth-order valence-corrected chi connectivity index (χ4v) is 3.04. The van der Waals surface area contributed by atoms with Crippen LogP contribution in [-0.4, -0.2) is 8.07 Å². The van der Waals surface area contributed by atoms with Crippen LogP contribution in [0.15, 0.2) is 41.6 Å². The van der Waals surface area contributed by atoms with E-state index in [1.165, 1.54) is 22.8 Å². The summed E-state index contributed by atoms with van der Waals surface area (Å²) < 4.78 is 0. The summed E-state index contributed by atoms with van der Waals surface area (Å²) in [5, 5.41) is 0. The third-order valence-corrected chi connectivity index (χ3v) is 3.64. The van der Waals surface area contributed by atoms with Crippen molar-refractivity contribution in [2.45, 2.75) is 39.5 Å². The number of hydrogen-bond donors (Lipinski definition) is 0. The average molecular weight is 230 g/mol. The second-order valence-electron chi connectivity index (χ2n) is 5.71. The minimum absolute atomic E-state index is 1.08. The zero-order valence-corrected chi connectivity index (χ0v) is 12.1. The molecule has 0 saturated heterocycles. The fourth-order valence-electron chi connectivity index (χ4n) is 1.69. The molecule has 1 rings (SSSR count). The quantitative estimate of drug-likeness (QED) is 0.508. The molecule has 1 aromatic carbocycles. The van der Waals surface area contributed by atoms with E-state index in [2.05, 4.69) is 69.6 Å². The molecule has 16 heavy (non-hydrogen) atoms. The monoisotopic (exact) mass is 230 g/mol. The van der Waals surface area contributed by atoms with Gasteiger partial charge in [0.2, 0.25) is 0 Å². The largest absolute Gasteiger partial charge is 0.118 e. The average Bonchev–Trinajstić information content (AvgIpc) is 2.15. The summed E-state index contributed by atoms with van der Waals surface area (Å²) in [6.45, 7) is 11.5. The molecule has 0 radical (unpaired) electrons. The van der Waals surface area contributed by atoms with Crippen LogP contribution in [-0.2, 0) is 0 Å². The standard InChI is InChI=1S/C15H22Si/c1-13(2)11-15(12-16(3,4)5)14-9-7-6-8-10-14/h6-10H,12H2,1-5H3. The van der Waals surface area contributed by atoms with E-state index in [1.807, 2.05) is 0 Å². The van der Waals surface area contributed by atoms with Gasteiger partial charge in [-0.3, -0.25) is 0 Å². The summed E-state index contributed by atoms with van der Waals surface area (Å²) in [7, 11) is -1.08. The van der Waals surface area contributed by atoms with Gasteiger partial charge in [0.05, 0.1) is 0 Å². The second kappa shape index (κ2) is 5.34. The number of rotatable bonds is 3. The Labute approximate surface area is 101 Å². The van der Waals surface area contributed by atoms with Crippen LogP contribution in [0.25, 0.3) is 5.57 Å². The number of allylic oxidation sites excluding steroid dienone is 1. The van der Waals surface area contributed by atoms with Gasteiger partial charge in [0.1, 0.15) is 0 Å². The molecule has 0 atom stereocenters. The third kappa shape index (κ3) is 4.65. The molecule has 0 spiro atoms. The van der Waals surface area contributed by atoms with Crippen LogP contribution in [0.1, 0.15) is 19.4 Å². The van der Waals surface area contributed by atoms with Crippen LogP contribution in [0.4, 0.5) is 0 Å². The molecule has 0 N–H and O–H groups in total. The van der Waals surface area contributed by atoms with Crippen molar-refractivity contribution in [2.75, 3.05) is 0 Å². The van der Waals surface area contributed by atoms with Crippen molar-refractivity contribution in [3.63, 3.8) is 0 Å². The highest BCUT2D eigenvalue weighted by atomic mass is 28.3. The molecule has 1 aromatic rings. The van der Waals surface area contributed by atoms with Gasteiger partial charge in [0.25, 0.3) is 0 Å². The highest BCUT2D eigenvalue weighted by Crippen LogP contribution is 2.24. The lowest BCUT2D eigenvalue weighted by molar-refractivity contribution is 1.39. The Balaban J connectivity index is 3.14. The lowest BCUT2D eigenvalue weighted by Crippen LogP contribution is -2.19. The first-order valence-electron chi connectivity index (χ1n) is 5.87. The molecule has 0 bridgehead atoms. The van der Waals surface area contributed by atoms with E-state index in [1.54, 1.807) is 0 Å². The van der Waals surface area contributed by atoms with E-state index in [9.17, 15) is 0 Å². The molecule has 0 saturated carbocycles. The Morgan fingerprint density at radius 1 is 1.06 bits per heavy atom. The topological polar surface area (TPSA) is 0 Å². The summed E-state index contributed by atoms with van der Waals surface area (Å²) in [5.74, 6) is 0. The first-order valence-corrected chi connectivity index (χ1v) is 9.57. The molecule has 0 aliphatic rings. The Morgan fingerprint density at radius 3 is 2.06 bits per heavy atom. The van der Waals surface area contributed by atoms with Crippen molar-refractivity contribution in [2.24, 2.45) is 0 Å². The van der Waals surface area contributed by atoms with Gasteiger partial charge in [0, 0.05) is 8.07 Å². The molecule has 0 aliphatic heterocycles. The van der Waals surface area contributed by atoms with Gasteiger partial charge in [0.15, 0.2) is 0 Å². The van der Waals surface area contributed by atoms with Crippen molar-refractivity contribution in [3.8, 4) is 0 Å². The van der Waals surface area contributed by atoms with Crippen LogP contribution in [0.5, 0.6) is 0 Å². The van der Waals surface area contributed by atoms with Crippen molar-refractivity contribution in [1.29, 1.82) is 0 Å². The van der Waals surface area contributed by atoms with Gasteiger partial charge >= 0.3 is 0 Å². The van der Waals surface area contributed by atoms with Gasteiger partial charge in [-0.15, -0.1) is 5.73 Å². The van der Waals surface area contributed by atoms with Crippen molar-refractivity contribution >= 4 is 13.6 Å². The molecular weight excluding hydrogens is 208 g/mol. The summed E-state index contributed by atoms with van der Waals surface area (Å²) in [4.78, 5) is 0. The van der Waals surface area contributed by atoms with Crippen LogP contribution in [0, 0.1) is 0 Å². The molecular formula is C15H22Si. The Morgan fingerprint density at radius 2 is 1.62 bits per heavy atom. The highest BCUT2D eigenvalue weighted by Gasteiger charge is 2.16. The van der Waals surface area contributed by atoms with E-state index in [0.29, 0.717) is 0 Å². The first-order chi connectivity index (χ1) is 7.38. The lowest BCUT2D eigenvalue weighted by Gasteiger charge is -2.17.